The van der Waals surface area contributed by atoms with E-state index in [0.717, 1.165) is 44.6 Å². The van der Waals surface area contributed by atoms with E-state index in [9.17, 15) is 28.6 Å². The number of nitrogens with one attached hydrogen (secondary N) is 3. The molecule has 0 bridgehead atoms. The predicted octanol–water partition coefficient (Wildman–Crippen LogP) is 7.34. The first-order valence-electron chi connectivity index (χ1n) is 19.4. The zero-order valence-electron chi connectivity index (χ0n) is 33.9. The van der Waals surface area contributed by atoms with Crippen LogP contribution in [0, 0.1) is 13.8 Å². The molecule has 0 radical (unpaired) electrons. The fourth-order valence-electron chi connectivity index (χ4n) is 6.72. The number of hydrogen-bond donors (Lipinski definition) is 7. The monoisotopic (exact) mass is 862 g/mol. The molecular formula is C45H49ClF2N4O9. The number of rotatable bonds is 23. The van der Waals surface area contributed by atoms with Gasteiger partial charge in [-0.2, -0.15) is 8.78 Å². The van der Waals surface area contributed by atoms with Crippen molar-refractivity contribution in [2.24, 2.45) is 0 Å². The molecule has 16 heteroatoms. The van der Waals surface area contributed by atoms with Crippen LogP contribution in [0.25, 0.3) is 22.3 Å². The molecule has 0 amide bonds. The minimum atomic E-state index is -3.08. The van der Waals surface area contributed by atoms with Gasteiger partial charge in [0.2, 0.25) is 0 Å². The Balaban J connectivity index is 1.36. The van der Waals surface area contributed by atoms with Crippen molar-refractivity contribution in [1.29, 1.82) is 0 Å². The van der Waals surface area contributed by atoms with Gasteiger partial charge in [-0.15, -0.1) is 0 Å². The number of aromatic nitrogens is 1. The maximum atomic E-state index is 13.5. The second-order valence-corrected chi connectivity index (χ2v) is 14.7. The average molecular weight is 863 g/mol. The molecule has 7 N–H and O–H groups in total. The molecule has 324 valence electrons. The van der Waals surface area contributed by atoms with Gasteiger partial charge in [-0.3, -0.25) is 14.6 Å². The minimum absolute atomic E-state index is 0.0388. The van der Waals surface area contributed by atoms with E-state index in [-0.39, 0.29) is 45.1 Å². The Morgan fingerprint density at radius 2 is 1.34 bits per heavy atom. The molecule has 1 aromatic heterocycles. The second kappa shape index (κ2) is 22.1. The van der Waals surface area contributed by atoms with E-state index >= 15 is 0 Å². The first-order chi connectivity index (χ1) is 29.2. The van der Waals surface area contributed by atoms with Crippen molar-refractivity contribution in [2.75, 3.05) is 25.5 Å². The molecule has 13 nitrogen and oxygen atoms in total. The Bertz CT molecular complexity index is 2300. The van der Waals surface area contributed by atoms with Gasteiger partial charge in [-0.1, -0.05) is 60.1 Å². The van der Waals surface area contributed by atoms with E-state index in [1.54, 1.807) is 49.8 Å². The smallest absolute Gasteiger partial charge is 0.387 e. The summed E-state index contributed by atoms with van der Waals surface area (Å²) in [7, 11) is 1.79. The molecule has 0 saturated heterocycles. The van der Waals surface area contributed by atoms with Crippen LogP contribution < -0.4 is 30.2 Å². The Kier molecular flexibility index (Phi) is 16.8. The van der Waals surface area contributed by atoms with Crippen LogP contribution in [0.1, 0.15) is 46.2 Å². The summed E-state index contributed by atoms with van der Waals surface area (Å²) >= 11 is 6.76. The molecule has 1 heterocycles. The lowest BCUT2D eigenvalue weighted by Gasteiger charge is -2.19. The molecule has 0 fully saturated rings. The highest BCUT2D eigenvalue weighted by Gasteiger charge is 2.18. The highest BCUT2D eigenvalue weighted by atomic mass is 35.5. The van der Waals surface area contributed by atoms with E-state index in [4.69, 9.17) is 36.0 Å². The zero-order valence-corrected chi connectivity index (χ0v) is 34.6. The number of aliphatic hydroxyl groups is 2. The quantitative estimate of drug-likeness (QED) is 0.0346. The first-order valence-corrected chi connectivity index (χ1v) is 19.8. The fourth-order valence-corrected chi connectivity index (χ4v) is 6.96. The normalized spacial score (nSPS) is 12.2. The van der Waals surface area contributed by atoms with Crippen LogP contribution in [-0.4, -0.2) is 76.3 Å². The largest absolute Gasteiger partial charge is 0.488 e. The number of aliphatic hydroxyl groups excluding tert-OH is 2. The zero-order chi connectivity index (χ0) is 44.1. The number of ether oxygens (including phenoxy) is 3. The van der Waals surface area contributed by atoms with Crippen molar-refractivity contribution in [3.8, 4) is 39.5 Å². The SMILES string of the molecule is CNc1cncc(COc2cc(OCc3cccc(-c4cccc(-c5ccc(CNC[C@@H](O)CC(=O)O)c(OC(F)F)c5)c4C)c3C)c(Cl)cc2CNC[C@@H](O)CC(=O)O)c1. The molecular weight excluding hydrogens is 814 g/mol. The maximum Gasteiger partial charge on any atom is 0.387 e. The van der Waals surface area contributed by atoms with Crippen molar-refractivity contribution in [3.05, 3.63) is 124 Å². The molecule has 61 heavy (non-hydrogen) atoms. The van der Waals surface area contributed by atoms with Crippen LogP contribution in [0.3, 0.4) is 0 Å². The van der Waals surface area contributed by atoms with Crippen LogP contribution in [0.2, 0.25) is 5.02 Å². The van der Waals surface area contributed by atoms with Crippen LogP contribution >= 0.6 is 11.6 Å². The highest BCUT2D eigenvalue weighted by Crippen LogP contribution is 2.38. The number of aliphatic carboxylic acids is 2. The lowest BCUT2D eigenvalue weighted by molar-refractivity contribution is -0.140. The summed E-state index contributed by atoms with van der Waals surface area (Å²) in [5.41, 5.74) is 8.73. The molecule has 0 aliphatic carbocycles. The summed E-state index contributed by atoms with van der Waals surface area (Å²) in [6, 6.07) is 22.0. The third-order valence-corrected chi connectivity index (χ3v) is 10.1. The van der Waals surface area contributed by atoms with Crippen molar-refractivity contribution in [3.63, 3.8) is 0 Å². The Morgan fingerprint density at radius 1 is 0.721 bits per heavy atom. The average Bonchev–Trinajstić information content (AvgIpc) is 3.20. The van der Waals surface area contributed by atoms with Gasteiger partial charge in [0.15, 0.2) is 0 Å². The third kappa shape index (κ3) is 13.3. The topological polar surface area (TPSA) is 192 Å². The van der Waals surface area contributed by atoms with Crippen LogP contribution in [0.5, 0.6) is 17.2 Å². The van der Waals surface area contributed by atoms with Crippen molar-refractivity contribution >= 4 is 29.2 Å². The van der Waals surface area contributed by atoms with Crippen LogP contribution in [-0.2, 0) is 35.9 Å². The van der Waals surface area contributed by atoms with E-state index < -0.39 is 43.6 Å². The standard InChI is InChI=1S/C45H49ClF2N4O9/c1-26-31(25-60-42-17-40(59-24-28-12-33(49-3)21-50-18-28)32(13-39(42)46)20-52-23-35(54)16-44(57)58)6-4-8-37(26)38-9-5-7-36(27(38)2)29-10-11-30(41(14-29)61-45(47)48)19-51-22-34(53)15-43(55)56/h4-14,17-18,21,34-35,45,49,51-54H,15-16,19-20,22-25H2,1-3H3,(H,55,56)(H,57,58)/t34-,35-/m0/s1. The van der Waals surface area contributed by atoms with Gasteiger partial charge < -0.3 is 50.6 Å². The van der Waals surface area contributed by atoms with E-state index in [1.807, 2.05) is 56.3 Å². The summed E-state index contributed by atoms with van der Waals surface area (Å²) in [4.78, 5) is 26.1. The van der Waals surface area contributed by atoms with Gasteiger partial charge in [-0.05, 0) is 71.0 Å². The summed E-state index contributed by atoms with van der Waals surface area (Å²) < 4.78 is 44.5. The van der Waals surface area contributed by atoms with Crippen LogP contribution in [0.4, 0.5) is 14.5 Å². The molecule has 0 spiro atoms. The maximum absolute atomic E-state index is 13.5. The molecule has 4 aromatic carbocycles. The number of carboxylic acid groups (broad SMARTS) is 2. The van der Waals surface area contributed by atoms with Gasteiger partial charge >= 0.3 is 18.6 Å². The second-order valence-electron chi connectivity index (χ2n) is 14.3. The summed E-state index contributed by atoms with van der Waals surface area (Å²) in [5, 5.41) is 47.2. The number of benzene rings is 4. The van der Waals surface area contributed by atoms with Gasteiger partial charge in [0.05, 0.1) is 35.8 Å². The summed E-state index contributed by atoms with van der Waals surface area (Å²) in [6.07, 6.45) is 0.316. The van der Waals surface area contributed by atoms with Gasteiger partial charge in [0.1, 0.15) is 30.5 Å². The molecule has 2 atom stereocenters. The van der Waals surface area contributed by atoms with Gasteiger partial charge in [0.25, 0.3) is 0 Å². The van der Waals surface area contributed by atoms with Crippen molar-refractivity contribution in [1.82, 2.24) is 15.6 Å². The number of nitrogens with zero attached hydrogens (tertiary/aromatic N) is 1. The number of alkyl halides is 2. The Hall–Kier alpha value is -5.84. The number of hydrogen-bond acceptors (Lipinski definition) is 11. The van der Waals surface area contributed by atoms with E-state index in [1.165, 1.54) is 0 Å². The summed E-state index contributed by atoms with van der Waals surface area (Å²) in [5.74, 6) is -1.46. The van der Waals surface area contributed by atoms with E-state index in [2.05, 4.69) is 20.9 Å². The molecule has 0 unspecified atom stereocenters. The lowest BCUT2D eigenvalue weighted by atomic mass is 9.89. The first kappa shape index (κ1) is 46.2. The third-order valence-electron chi connectivity index (χ3n) is 9.85. The number of pyridine rings is 1. The van der Waals surface area contributed by atoms with Crippen molar-refractivity contribution < 1.29 is 53.0 Å². The number of anilines is 1. The molecule has 5 aromatic rings. The Morgan fingerprint density at radius 3 is 2.00 bits per heavy atom. The summed E-state index contributed by atoms with van der Waals surface area (Å²) in [6.45, 7) is 1.48. The highest BCUT2D eigenvalue weighted by molar-refractivity contribution is 6.32. The molecule has 0 aliphatic rings. The van der Waals surface area contributed by atoms with Gasteiger partial charge in [-0.25, -0.2) is 0 Å². The van der Waals surface area contributed by atoms with Crippen LogP contribution in [0.15, 0.2) is 85.2 Å². The number of carboxylic acids is 2. The predicted molar refractivity (Wildman–Crippen MR) is 227 cm³/mol. The molecule has 0 saturated carbocycles. The minimum Gasteiger partial charge on any atom is -0.488 e. The Labute approximate surface area is 357 Å². The van der Waals surface area contributed by atoms with Crippen molar-refractivity contribution in [2.45, 2.75) is 71.8 Å². The molecule has 0 aliphatic heterocycles. The fraction of sp³-hybridized carbons (Fsp3) is 0.311. The number of halogens is 3. The van der Waals surface area contributed by atoms with E-state index in [0.29, 0.717) is 33.2 Å². The van der Waals surface area contributed by atoms with Gasteiger partial charge in [0, 0.05) is 68.4 Å². The molecule has 5 rings (SSSR count). The number of carbonyl (C=O) groups is 2. The lowest BCUT2D eigenvalue weighted by Crippen LogP contribution is -2.28.